The highest BCUT2D eigenvalue weighted by atomic mass is 16.5. The van der Waals surface area contributed by atoms with Crippen molar-refractivity contribution in [2.45, 2.75) is 0 Å². The predicted molar refractivity (Wildman–Crippen MR) is 105 cm³/mol. The molecule has 3 rings (SSSR count). The fourth-order valence-corrected chi connectivity index (χ4v) is 2.56. The molecule has 0 radical (unpaired) electrons. The van der Waals surface area contributed by atoms with Crippen molar-refractivity contribution in [3.63, 3.8) is 0 Å². The molecule has 0 spiro atoms. The first-order valence-electron chi connectivity index (χ1n) is 8.14. The first-order chi connectivity index (χ1) is 12.7. The van der Waals surface area contributed by atoms with Crippen molar-refractivity contribution in [1.29, 1.82) is 0 Å². The maximum absolute atomic E-state index is 5.40. The van der Waals surface area contributed by atoms with Crippen LogP contribution >= 0.6 is 0 Å². The van der Waals surface area contributed by atoms with Gasteiger partial charge >= 0.3 is 0 Å². The molecule has 0 bridgehead atoms. The van der Waals surface area contributed by atoms with Gasteiger partial charge in [0.2, 0.25) is 0 Å². The van der Waals surface area contributed by atoms with E-state index in [-0.39, 0.29) is 0 Å². The molecule has 0 fully saturated rings. The summed E-state index contributed by atoms with van der Waals surface area (Å²) in [5.41, 5.74) is 4.85. The average Bonchev–Trinajstić information content (AvgIpc) is 2.72. The summed E-state index contributed by atoms with van der Waals surface area (Å²) in [4.78, 5) is 0. The van der Waals surface area contributed by atoms with E-state index >= 15 is 0 Å². The lowest BCUT2D eigenvalue weighted by Crippen LogP contribution is -1.90. The van der Waals surface area contributed by atoms with E-state index in [1.165, 1.54) is 0 Å². The maximum atomic E-state index is 5.40. The molecular weight excluding hydrogens is 320 g/mol. The predicted octanol–water partition coefficient (Wildman–Crippen LogP) is 4.75. The standard InChI is InChI=1S/C24H18O2/c1-4-18-5-10-20(11-6-18)21-12-7-19(8-13-21)9-14-22-17-23(25-2)15-16-24(22)26-3/h1,5-8,10-13,15-17H,2-3H3. The summed E-state index contributed by atoms with van der Waals surface area (Å²) in [6.07, 6.45) is 5.40. The highest BCUT2D eigenvalue weighted by molar-refractivity contribution is 5.65. The zero-order valence-corrected chi connectivity index (χ0v) is 14.7. The second-order valence-corrected chi connectivity index (χ2v) is 5.62. The van der Waals surface area contributed by atoms with Gasteiger partial charge in [-0.1, -0.05) is 42.0 Å². The third-order valence-electron chi connectivity index (χ3n) is 4.02. The zero-order chi connectivity index (χ0) is 18.4. The minimum absolute atomic E-state index is 0.725. The first kappa shape index (κ1) is 17.2. The minimum atomic E-state index is 0.725. The van der Waals surface area contributed by atoms with E-state index in [9.17, 15) is 0 Å². The monoisotopic (exact) mass is 338 g/mol. The lowest BCUT2D eigenvalue weighted by Gasteiger charge is -2.05. The number of hydrogen-bond donors (Lipinski definition) is 0. The van der Waals surface area contributed by atoms with Crippen LogP contribution in [0.1, 0.15) is 16.7 Å². The van der Waals surface area contributed by atoms with Crippen LogP contribution in [0.2, 0.25) is 0 Å². The molecule has 26 heavy (non-hydrogen) atoms. The lowest BCUT2D eigenvalue weighted by atomic mass is 10.0. The van der Waals surface area contributed by atoms with Gasteiger partial charge in [-0.3, -0.25) is 0 Å². The Morgan fingerprint density at radius 2 is 1.31 bits per heavy atom. The number of benzene rings is 3. The van der Waals surface area contributed by atoms with E-state index < -0.39 is 0 Å². The third kappa shape index (κ3) is 3.89. The molecule has 3 aromatic rings. The molecule has 2 heteroatoms. The van der Waals surface area contributed by atoms with Crippen LogP contribution in [0, 0.1) is 24.2 Å². The van der Waals surface area contributed by atoms with Crippen LogP contribution in [-0.2, 0) is 0 Å². The van der Waals surface area contributed by atoms with Gasteiger partial charge in [-0.25, -0.2) is 0 Å². The molecule has 0 aliphatic heterocycles. The van der Waals surface area contributed by atoms with Gasteiger partial charge in [0.25, 0.3) is 0 Å². The molecule has 0 aromatic heterocycles. The highest BCUT2D eigenvalue weighted by Gasteiger charge is 2.02. The molecule has 3 aromatic carbocycles. The molecule has 0 aliphatic carbocycles. The van der Waals surface area contributed by atoms with Crippen LogP contribution in [0.5, 0.6) is 11.5 Å². The summed E-state index contributed by atoms with van der Waals surface area (Å²) < 4.78 is 10.6. The Labute approximate surface area is 154 Å². The number of terminal acetylenes is 1. The summed E-state index contributed by atoms with van der Waals surface area (Å²) in [5.74, 6) is 10.4. The van der Waals surface area contributed by atoms with Gasteiger partial charge in [0.15, 0.2) is 0 Å². The van der Waals surface area contributed by atoms with E-state index in [1.807, 2.05) is 54.6 Å². The lowest BCUT2D eigenvalue weighted by molar-refractivity contribution is 0.402. The Balaban J connectivity index is 1.84. The van der Waals surface area contributed by atoms with Gasteiger partial charge in [0.05, 0.1) is 19.8 Å². The van der Waals surface area contributed by atoms with Gasteiger partial charge in [-0.05, 0) is 53.6 Å². The fraction of sp³-hybridized carbons (Fsp3) is 0.0833. The molecule has 2 nitrogen and oxygen atoms in total. The van der Waals surface area contributed by atoms with Crippen molar-refractivity contribution in [3.05, 3.63) is 83.4 Å². The summed E-state index contributed by atoms with van der Waals surface area (Å²) in [6, 6.07) is 21.6. The van der Waals surface area contributed by atoms with Gasteiger partial charge in [-0.2, -0.15) is 0 Å². The molecule has 0 heterocycles. The van der Waals surface area contributed by atoms with Gasteiger partial charge < -0.3 is 9.47 Å². The third-order valence-corrected chi connectivity index (χ3v) is 4.02. The Morgan fingerprint density at radius 3 is 1.85 bits per heavy atom. The van der Waals surface area contributed by atoms with E-state index in [0.717, 1.165) is 39.3 Å². The van der Waals surface area contributed by atoms with Crippen LogP contribution in [0.3, 0.4) is 0 Å². The van der Waals surface area contributed by atoms with Gasteiger partial charge in [0.1, 0.15) is 11.5 Å². The fourth-order valence-electron chi connectivity index (χ4n) is 2.56. The number of rotatable bonds is 3. The molecule has 0 aliphatic rings. The number of hydrogen-bond acceptors (Lipinski definition) is 2. The summed E-state index contributed by atoms with van der Waals surface area (Å²) in [6.45, 7) is 0. The van der Waals surface area contributed by atoms with Crippen molar-refractivity contribution >= 4 is 0 Å². The highest BCUT2D eigenvalue weighted by Crippen LogP contribution is 2.23. The number of ether oxygens (including phenoxy) is 2. The maximum Gasteiger partial charge on any atom is 0.134 e. The summed E-state index contributed by atoms with van der Waals surface area (Å²) in [5, 5.41) is 0. The SMILES string of the molecule is C#Cc1ccc(-c2ccc(C#Cc3cc(OC)ccc3OC)cc2)cc1. The smallest absolute Gasteiger partial charge is 0.134 e. The normalized spacial score (nSPS) is 9.58. The van der Waals surface area contributed by atoms with Crippen LogP contribution < -0.4 is 9.47 Å². The zero-order valence-electron chi connectivity index (χ0n) is 14.7. The molecule has 0 atom stereocenters. The van der Waals surface area contributed by atoms with Gasteiger partial charge in [-0.15, -0.1) is 6.42 Å². The first-order valence-corrected chi connectivity index (χ1v) is 8.14. The van der Waals surface area contributed by atoms with Crippen molar-refractivity contribution in [1.82, 2.24) is 0 Å². The molecular formula is C24H18O2. The Bertz CT molecular complexity index is 995. The van der Waals surface area contributed by atoms with Crippen molar-refractivity contribution in [2.24, 2.45) is 0 Å². The molecule has 0 saturated carbocycles. The topological polar surface area (TPSA) is 18.5 Å². The van der Waals surface area contributed by atoms with Crippen molar-refractivity contribution < 1.29 is 9.47 Å². The molecule has 0 unspecified atom stereocenters. The van der Waals surface area contributed by atoms with Crippen molar-refractivity contribution in [2.75, 3.05) is 14.2 Å². The minimum Gasteiger partial charge on any atom is -0.497 e. The molecule has 126 valence electrons. The summed E-state index contributed by atoms with van der Waals surface area (Å²) in [7, 11) is 3.26. The van der Waals surface area contributed by atoms with Crippen molar-refractivity contribution in [3.8, 4) is 46.8 Å². The van der Waals surface area contributed by atoms with Crippen LogP contribution in [0.15, 0.2) is 66.7 Å². The Kier molecular flexibility index (Phi) is 5.28. The average molecular weight is 338 g/mol. The van der Waals surface area contributed by atoms with E-state index in [4.69, 9.17) is 15.9 Å². The Morgan fingerprint density at radius 1 is 0.692 bits per heavy atom. The van der Waals surface area contributed by atoms with Gasteiger partial charge in [0, 0.05) is 11.1 Å². The van der Waals surface area contributed by atoms with Crippen LogP contribution in [-0.4, -0.2) is 14.2 Å². The molecule has 0 N–H and O–H groups in total. The number of methoxy groups -OCH3 is 2. The van der Waals surface area contributed by atoms with Crippen LogP contribution in [0.4, 0.5) is 0 Å². The second kappa shape index (κ2) is 7.97. The Hall–Kier alpha value is -3.62. The molecule has 0 amide bonds. The quantitative estimate of drug-likeness (QED) is 0.642. The van der Waals surface area contributed by atoms with E-state index in [2.05, 4.69) is 29.9 Å². The van der Waals surface area contributed by atoms with E-state index in [0.29, 0.717) is 0 Å². The second-order valence-electron chi connectivity index (χ2n) is 5.62. The largest absolute Gasteiger partial charge is 0.497 e. The van der Waals surface area contributed by atoms with E-state index in [1.54, 1.807) is 14.2 Å². The molecule has 0 saturated heterocycles. The summed E-state index contributed by atoms with van der Waals surface area (Å²) >= 11 is 0. The van der Waals surface area contributed by atoms with Crippen LogP contribution in [0.25, 0.3) is 11.1 Å².